The molecular formula is C12H16O8. The molecule has 1 saturated carbocycles. The first kappa shape index (κ1) is 15.9. The van der Waals surface area contributed by atoms with E-state index in [-0.39, 0.29) is 12.8 Å². The van der Waals surface area contributed by atoms with Gasteiger partial charge in [-0.3, -0.25) is 19.2 Å². The molecule has 1 rings (SSSR count). The minimum absolute atomic E-state index is 0.190. The number of aliphatic carboxylic acids is 4. The predicted molar refractivity (Wildman–Crippen MR) is 63.0 cm³/mol. The van der Waals surface area contributed by atoms with Gasteiger partial charge in [0.05, 0.1) is 0 Å². The average molecular weight is 288 g/mol. The molecule has 0 atom stereocenters. The Balaban J connectivity index is 3.44. The lowest BCUT2D eigenvalue weighted by Gasteiger charge is -2.37. The zero-order valence-corrected chi connectivity index (χ0v) is 10.6. The number of hydrogen-bond acceptors (Lipinski definition) is 4. The lowest BCUT2D eigenvalue weighted by atomic mass is 9.61. The minimum atomic E-state index is -2.84. The third kappa shape index (κ3) is 2.45. The normalized spacial score (nSPS) is 16.9. The molecular weight excluding hydrogens is 272 g/mol. The summed E-state index contributed by atoms with van der Waals surface area (Å²) in [5, 5.41) is 36.6. The standard InChI is InChI=1S/C12H16O8/c13-8(14)7(9(15)16)12(10(17)18,11(19)20)6-4-2-1-3-5-6/h6-7H,1-5H2,(H,13,14)(H,15,16)(H,17,18)(H,19,20). The first-order valence-corrected chi connectivity index (χ1v) is 6.18. The summed E-state index contributed by atoms with van der Waals surface area (Å²) in [4.78, 5) is 45.3. The number of carbonyl (C=O) groups is 4. The van der Waals surface area contributed by atoms with Gasteiger partial charge in [0.1, 0.15) is 0 Å². The Morgan fingerprint density at radius 3 is 1.50 bits per heavy atom. The van der Waals surface area contributed by atoms with E-state index in [2.05, 4.69) is 0 Å². The smallest absolute Gasteiger partial charge is 0.322 e. The Morgan fingerprint density at radius 1 is 0.800 bits per heavy atom. The number of carboxylic acid groups (broad SMARTS) is 4. The van der Waals surface area contributed by atoms with Gasteiger partial charge in [-0.15, -0.1) is 0 Å². The van der Waals surface area contributed by atoms with Gasteiger partial charge in [0.2, 0.25) is 0 Å². The van der Waals surface area contributed by atoms with Crippen LogP contribution in [0.5, 0.6) is 0 Å². The molecule has 1 fully saturated rings. The topological polar surface area (TPSA) is 149 Å². The molecule has 0 aromatic carbocycles. The molecule has 0 radical (unpaired) electrons. The van der Waals surface area contributed by atoms with Gasteiger partial charge in [-0.05, 0) is 18.8 Å². The van der Waals surface area contributed by atoms with Crippen molar-refractivity contribution in [2.75, 3.05) is 0 Å². The molecule has 20 heavy (non-hydrogen) atoms. The van der Waals surface area contributed by atoms with E-state index < -0.39 is 41.1 Å². The Hall–Kier alpha value is -2.12. The van der Waals surface area contributed by atoms with Crippen LogP contribution in [0.2, 0.25) is 0 Å². The maximum atomic E-state index is 11.5. The van der Waals surface area contributed by atoms with Gasteiger partial charge >= 0.3 is 23.9 Å². The van der Waals surface area contributed by atoms with Crippen LogP contribution in [0.4, 0.5) is 0 Å². The van der Waals surface area contributed by atoms with Gasteiger partial charge in [-0.25, -0.2) is 0 Å². The van der Waals surface area contributed by atoms with E-state index in [1.165, 1.54) is 0 Å². The van der Waals surface area contributed by atoms with Gasteiger partial charge in [0.15, 0.2) is 11.3 Å². The van der Waals surface area contributed by atoms with Crippen LogP contribution in [-0.4, -0.2) is 44.3 Å². The monoisotopic (exact) mass is 288 g/mol. The summed E-state index contributed by atoms with van der Waals surface area (Å²) < 4.78 is 0. The van der Waals surface area contributed by atoms with E-state index in [0.717, 1.165) is 6.42 Å². The van der Waals surface area contributed by atoms with Gasteiger partial charge in [-0.2, -0.15) is 0 Å². The molecule has 1 aliphatic carbocycles. The lowest BCUT2D eigenvalue weighted by Crippen LogP contribution is -2.56. The van der Waals surface area contributed by atoms with E-state index >= 15 is 0 Å². The van der Waals surface area contributed by atoms with Crippen molar-refractivity contribution in [3.8, 4) is 0 Å². The molecule has 8 nitrogen and oxygen atoms in total. The molecule has 8 heteroatoms. The fourth-order valence-electron chi connectivity index (χ4n) is 2.98. The zero-order chi connectivity index (χ0) is 15.5. The summed E-state index contributed by atoms with van der Waals surface area (Å²) in [7, 11) is 0. The fraction of sp³-hybridized carbons (Fsp3) is 0.667. The first-order chi connectivity index (χ1) is 9.26. The molecule has 0 aliphatic heterocycles. The third-order valence-corrected chi connectivity index (χ3v) is 3.91. The van der Waals surface area contributed by atoms with Gasteiger partial charge < -0.3 is 20.4 Å². The van der Waals surface area contributed by atoms with Crippen molar-refractivity contribution in [2.24, 2.45) is 17.3 Å². The Bertz CT molecular complexity index is 407. The Morgan fingerprint density at radius 2 is 1.20 bits per heavy atom. The first-order valence-electron chi connectivity index (χ1n) is 6.18. The lowest BCUT2D eigenvalue weighted by molar-refractivity contribution is -0.189. The van der Waals surface area contributed by atoms with Crippen LogP contribution >= 0.6 is 0 Å². The molecule has 0 aromatic heterocycles. The van der Waals surface area contributed by atoms with Crippen molar-refractivity contribution in [3.63, 3.8) is 0 Å². The molecule has 0 unspecified atom stereocenters. The Labute approximate surface area is 114 Å². The number of rotatable bonds is 6. The summed E-state index contributed by atoms with van der Waals surface area (Å²) >= 11 is 0. The zero-order valence-electron chi connectivity index (χ0n) is 10.6. The molecule has 0 saturated heterocycles. The van der Waals surface area contributed by atoms with Crippen LogP contribution in [-0.2, 0) is 19.2 Å². The molecule has 0 amide bonds. The van der Waals surface area contributed by atoms with Gasteiger partial charge in [0.25, 0.3) is 0 Å². The molecule has 0 aromatic rings. The summed E-state index contributed by atoms with van der Waals surface area (Å²) in [6.07, 6.45) is 2.28. The molecule has 0 spiro atoms. The van der Waals surface area contributed by atoms with Crippen molar-refractivity contribution >= 4 is 23.9 Å². The highest BCUT2D eigenvalue weighted by atomic mass is 16.4. The molecule has 0 heterocycles. The molecule has 112 valence electrons. The summed E-state index contributed by atoms with van der Waals surface area (Å²) in [6.45, 7) is 0. The van der Waals surface area contributed by atoms with E-state index in [1.54, 1.807) is 0 Å². The van der Waals surface area contributed by atoms with E-state index in [1.807, 2.05) is 0 Å². The highest BCUT2D eigenvalue weighted by Crippen LogP contribution is 2.45. The predicted octanol–water partition coefficient (Wildman–Crippen LogP) is 0.508. The van der Waals surface area contributed by atoms with Crippen molar-refractivity contribution in [3.05, 3.63) is 0 Å². The van der Waals surface area contributed by atoms with Crippen LogP contribution in [0.1, 0.15) is 32.1 Å². The molecule has 1 aliphatic rings. The third-order valence-electron chi connectivity index (χ3n) is 3.91. The molecule has 0 bridgehead atoms. The Kier molecular flexibility index (Phi) is 4.69. The SMILES string of the molecule is O=C(O)C(C(=O)O)C(C(=O)O)(C(=O)O)C1CCCCC1. The molecule has 4 N–H and O–H groups in total. The largest absolute Gasteiger partial charge is 0.481 e. The summed E-state index contributed by atoms with van der Waals surface area (Å²) in [5.74, 6) is -11.2. The van der Waals surface area contributed by atoms with Crippen molar-refractivity contribution in [1.29, 1.82) is 0 Å². The summed E-state index contributed by atoms with van der Waals surface area (Å²) in [5.41, 5.74) is -2.84. The summed E-state index contributed by atoms with van der Waals surface area (Å²) in [6, 6.07) is 0. The van der Waals surface area contributed by atoms with Crippen LogP contribution < -0.4 is 0 Å². The highest BCUT2D eigenvalue weighted by Gasteiger charge is 2.64. The van der Waals surface area contributed by atoms with E-state index in [4.69, 9.17) is 10.2 Å². The second-order valence-electron chi connectivity index (χ2n) is 4.92. The second kappa shape index (κ2) is 5.89. The van der Waals surface area contributed by atoms with Gasteiger partial charge in [0, 0.05) is 0 Å². The van der Waals surface area contributed by atoms with Crippen molar-refractivity contribution < 1.29 is 39.6 Å². The maximum absolute atomic E-state index is 11.5. The second-order valence-corrected chi connectivity index (χ2v) is 4.92. The fourth-order valence-corrected chi connectivity index (χ4v) is 2.98. The van der Waals surface area contributed by atoms with Crippen molar-refractivity contribution in [2.45, 2.75) is 32.1 Å². The van der Waals surface area contributed by atoms with E-state index in [9.17, 15) is 29.4 Å². The highest BCUT2D eigenvalue weighted by molar-refractivity contribution is 6.09. The van der Waals surface area contributed by atoms with Crippen LogP contribution in [0, 0.1) is 17.3 Å². The van der Waals surface area contributed by atoms with Crippen LogP contribution in [0.15, 0.2) is 0 Å². The maximum Gasteiger partial charge on any atom is 0.322 e. The van der Waals surface area contributed by atoms with Crippen LogP contribution in [0.25, 0.3) is 0 Å². The van der Waals surface area contributed by atoms with E-state index in [0.29, 0.717) is 12.8 Å². The van der Waals surface area contributed by atoms with Crippen LogP contribution in [0.3, 0.4) is 0 Å². The minimum Gasteiger partial charge on any atom is -0.481 e. The van der Waals surface area contributed by atoms with Gasteiger partial charge in [-0.1, -0.05) is 19.3 Å². The quantitative estimate of drug-likeness (QED) is 0.516. The number of carboxylic acids is 4. The average Bonchev–Trinajstić information content (AvgIpc) is 2.34. The van der Waals surface area contributed by atoms with Crippen molar-refractivity contribution in [1.82, 2.24) is 0 Å². The number of hydrogen-bond donors (Lipinski definition) is 4.